The van der Waals surface area contributed by atoms with Crippen LogP contribution in [0.2, 0.25) is 0 Å². The molecule has 0 amide bonds. The number of aliphatic hydroxyl groups is 1. The van der Waals surface area contributed by atoms with Crippen molar-refractivity contribution < 1.29 is 9.90 Å². The molecule has 0 bridgehead atoms. The van der Waals surface area contributed by atoms with E-state index in [1.54, 1.807) is 0 Å². The third-order valence-corrected chi connectivity index (χ3v) is 4.54. The molecule has 1 aliphatic carbocycles. The zero-order chi connectivity index (χ0) is 13.7. The zero-order valence-electron chi connectivity index (χ0n) is 11.8. The Morgan fingerprint density at radius 2 is 1.84 bits per heavy atom. The molecule has 1 atom stereocenters. The van der Waals surface area contributed by atoms with Crippen LogP contribution in [0.25, 0.3) is 0 Å². The molecule has 1 unspecified atom stereocenters. The van der Waals surface area contributed by atoms with Crippen molar-refractivity contribution in [2.75, 3.05) is 6.61 Å². The van der Waals surface area contributed by atoms with E-state index in [9.17, 15) is 9.90 Å². The van der Waals surface area contributed by atoms with Gasteiger partial charge in [-0.25, -0.2) is 0 Å². The van der Waals surface area contributed by atoms with E-state index >= 15 is 0 Å². The Morgan fingerprint density at radius 1 is 1.21 bits per heavy atom. The Labute approximate surface area is 115 Å². The van der Waals surface area contributed by atoms with E-state index in [1.807, 2.05) is 37.3 Å². The Balaban J connectivity index is 2.25. The van der Waals surface area contributed by atoms with Crippen molar-refractivity contribution in [2.24, 2.45) is 5.92 Å². The SMILES string of the molecule is CC(CCO)(C(=O)C1CCCCC1)c1ccccc1. The van der Waals surface area contributed by atoms with Gasteiger partial charge in [0.25, 0.3) is 0 Å². The molecule has 2 heteroatoms. The highest BCUT2D eigenvalue weighted by Crippen LogP contribution is 2.36. The van der Waals surface area contributed by atoms with Crippen molar-refractivity contribution in [1.82, 2.24) is 0 Å². The summed E-state index contributed by atoms with van der Waals surface area (Å²) in [6.45, 7) is 2.05. The van der Waals surface area contributed by atoms with Crippen LogP contribution in [0.4, 0.5) is 0 Å². The highest BCUT2D eigenvalue weighted by Gasteiger charge is 2.38. The van der Waals surface area contributed by atoms with Gasteiger partial charge in [-0.1, -0.05) is 49.6 Å². The van der Waals surface area contributed by atoms with Gasteiger partial charge in [-0.2, -0.15) is 0 Å². The van der Waals surface area contributed by atoms with E-state index in [2.05, 4.69) is 0 Å². The van der Waals surface area contributed by atoms with Crippen LogP contribution in [0.3, 0.4) is 0 Å². The number of rotatable bonds is 5. The fraction of sp³-hybridized carbons (Fsp3) is 0.588. The van der Waals surface area contributed by atoms with Crippen molar-refractivity contribution in [1.29, 1.82) is 0 Å². The molecule has 0 aliphatic heterocycles. The molecule has 104 valence electrons. The summed E-state index contributed by atoms with van der Waals surface area (Å²) in [7, 11) is 0. The summed E-state index contributed by atoms with van der Waals surface area (Å²) in [5, 5.41) is 9.36. The van der Waals surface area contributed by atoms with E-state index in [1.165, 1.54) is 19.3 Å². The van der Waals surface area contributed by atoms with Gasteiger partial charge in [0.05, 0.1) is 5.41 Å². The summed E-state index contributed by atoms with van der Waals surface area (Å²) < 4.78 is 0. The fourth-order valence-electron chi connectivity index (χ4n) is 3.25. The van der Waals surface area contributed by atoms with Crippen molar-refractivity contribution in [3.05, 3.63) is 35.9 Å². The van der Waals surface area contributed by atoms with Gasteiger partial charge in [0.2, 0.25) is 0 Å². The predicted molar refractivity (Wildman–Crippen MR) is 77.1 cm³/mol. The van der Waals surface area contributed by atoms with Gasteiger partial charge >= 0.3 is 0 Å². The topological polar surface area (TPSA) is 37.3 Å². The van der Waals surface area contributed by atoms with Crippen LogP contribution in [-0.2, 0) is 10.2 Å². The number of ketones is 1. The second-order valence-corrected chi connectivity index (χ2v) is 5.87. The van der Waals surface area contributed by atoms with Crippen molar-refractivity contribution >= 4 is 5.78 Å². The summed E-state index contributed by atoms with van der Waals surface area (Å²) in [6.07, 6.45) is 6.15. The minimum Gasteiger partial charge on any atom is -0.396 e. The van der Waals surface area contributed by atoms with Gasteiger partial charge in [0.15, 0.2) is 0 Å². The number of hydrogen-bond acceptors (Lipinski definition) is 2. The Hall–Kier alpha value is -1.15. The first-order chi connectivity index (χ1) is 9.18. The lowest BCUT2D eigenvalue weighted by Crippen LogP contribution is -2.39. The molecule has 1 fully saturated rings. The number of carbonyl (C=O) groups excluding carboxylic acids is 1. The minimum atomic E-state index is -0.530. The zero-order valence-corrected chi connectivity index (χ0v) is 11.8. The lowest BCUT2D eigenvalue weighted by molar-refractivity contribution is -0.129. The van der Waals surface area contributed by atoms with Gasteiger partial charge < -0.3 is 5.11 Å². The van der Waals surface area contributed by atoms with Gasteiger partial charge in [0.1, 0.15) is 5.78 Å². The van der Waals surface area contributed by atoms with Gasteiger partial charge in [0, 0.05) is 12.5 Å². The molecular formula is C17H24O2. The summed E-state index contributed by atoms with van der Waals surface area (Å²) in [4.78, 5) is 12.9. The molecular weight excluding hydrogens is 236 g/mol. The molecule has 0 heterocycles. The van der Waals surface area contributed by atoms with Crippen molar-refractivity contribution in [2.45, 2.75) is 50.9 Å². The highest BCUT2D eigenvalue weighted by molar-refractivity contribution is 5.91. The van der Waals surface area contributed by atoms with Crippen LogP contribution in [0, 0.1) is 5.92 Å². The molecule has 1 N–H and O–H groups in total. The van der Waals surface area contributed by atoms with Crippen LogP contribution < -0.4 is 0 Å². The first-order valence-electron chi connectivity index (χ1n) is 7.39. The molecule has 19 heavy (non-hydrogen) atoms. The summed E-state index contributed by atoms with van der Waals surface area (Å²) in [5.41, 5.74) is 0.512. The maximum atomic E-state index is 12.9. The lowest BCUT2D eigenvalue weighted by Gasteiger charge is -2.33. The van der Waals surface area contributed by atoms with Crippen LogP contribution in [0.5, 0.6) is 0 Å². The number of Topliss-reactive ketones (excluding diaryl/α,β-unsaturated/α-hetero) is 1. The molecule has 0 radical (unpaired) electrons. The lowest BCUT2D eigenvalue weighted by atomic mass is 9.69. The van der Waals surface area contributed by atoms with Crippen LogP contribution >= 0.6 is 0 Å². The van der Waals surface area contributed by atoms with Gasteiger partial charge in [-0.3, -0.25) is 4.79 Å². The number of hydrogen-bond donors (Lipinski definition) is 1. The van der Waals surface area contributed by atoms with E-state index in [4.69, 9.17) is 0 Å². The van der Waals surface area contributed by atoms with E-state index in [-0.39, 0.29) is 12.5 Å². The molecule has 0 spiro atoms. The number of benzene rings is 1. The molecule has 1 aliphatic rings. The fourth-order valence-corrected chi connectivity index (χ4v) is 3.25. The normalized spacial score (nSPS) is 19.9. The molecule has 2 rings (SSSR count). The monoisotopic (exact) mass is 260 g/mol. The Morgan fingerprint density at radius 3 is 2.42 bits per heavy atom. The quantitative estimate of drug-likeness (QED) is 0.880. The van der Waals surface area contributed by atoms with Crippen LogP contribution in [0.1, 0.15) is 51.0 Å². The third-order valence-electron chi connectivity index (χ3n) is 4.54. The van der Waals surface area contributed by atoms with Gasteiger partial charge in [-0.15, -0.1) is 0 Å². The average Bonchev–Trinajstić information content (AvgIpc) is 2.48. The molecule has 1 saturated carbocycles. The van der Waals surface area contributed by atoms with Crippen molar-refractivity contribution in [3.8, 4) is 0 Å². The number of carbonyl (C=O) groups is 1. The number of aliphatic hydroxyl groups excluding tert-OH is 1. The summed E-state index contributed by atoms with van der Waals surface area (Å²) >= 11 is 0. The predicted octanol–water partition coefficient (Wildman–Crippen LogP) is 3.48. The maximum absolute atomic E-state index is 12.9. The standard InChI is InChI=1S/C17H24O2/c1-17(12-13-18,15-10-6-3-7-11-15)16(19)14-8-4-2-5-9-14/h3,6-7,10-11,14,18H,2,4-5,8-9,12-13H2,1H3. The van der Waals surface area contributed by atoms with E-state index in [0.29, 0.717) is 12.2 Å². The second kappa shape index (κ2) is 6.33. The van der Waals surface area contributed by atoms with Gasteiger partial charge in [-0.05, 0) is 31.7 Å². The van der Waals surface area contributed by atoms with Crippen molar-refractivity contribution in [3.63, 3.8) is 0 Å². The Bertz CT molecular complexity index is 407. The third kappa shape index (κ3) is 3.06. The first-order valence-corrected chi connectivity index (χ1v) is 7.39. The molecule has 0 aromatic heterocycles. The maximum Gasteiger partial charge on any atom is 0.146 e. The highest BCUT2D eigenvalue weighted by atomic mass is 16.3. The van der Waals surface area contributed by atoms with E-state index in [0.717, 1.165) is 18.4 Å². The Kier molecular flexibility index (Phi) is 4.76. The molecule has 0 saturated heterocycles. The smallest absolute Gasteiger partial charge is 0.146 e. The largest absolute Gasteiger partial charge is 0.396 e. The van der Waals surface area contributed by atoms with Crippen LogP contribution in [-0.4, -0.2) is 17.5 Å². The molecule has 1 aromatic rings. The molecule has 2 nitrogen and oxygen atoms in total. The minimum absolute atomic E-state index is 0.0594. The second-order valence-electron chi connectivity index (χ2n) is 5.87. The average molecular weight is 260 g/mol. The van der Waals surface area contributed by atoms with E-state index < -0.39 is 5.41 Å². The summed E-state index contributed by atoms with van der Waals surface area (Å²) in [6, 6.07) is 9.93. The van der Waals surface area contributed by atoms with Crippen LogP contribution in [0.15, 0.2) is 30.3 Å². The molecule has 1 aromatic carbocycles. The first kappa shape index (κ1) is 14.3. The summed E-state index contributed by atoms with van der Waals surface area (Å²) in [5.74, 6) is 0.512.